The van der Waals surface area contributed by atoms with Crippen LogP contribution in [0.25, 0.3) is 0 Å². The molecule has 5 nitrogen and oxygen atoms in total. The molecule has 4 N–H and O–H groups in total. The first kappa shape index (κ1) is 9.76. The van der Waals surface area contributed by atoms with Crippen LogP contribution in [0, 0.1) is 0 Å². The second-order valence-corrected chi connectivity index (χ2v) is 2.72. The number of rotatable bonds is 2. The first-order chi connectivity index (χ1) is 6.13. The van der Waals surface area contributed by atoms with Gasteiger partial charge in [-0.1, -0.05) is 11.6 Å². The molecule has 1 rings (SSSR count). The molecule has 0 radical (unpaired) electrons. The van der Waals surface area contributed by atoms with Gasteiger partial charge in [0.25, 0.3) is 0 Å². The third kappa shape index (κ3) is 2.57. The second kappa shape index (κ2) is 4.06. The molecule has 0 unspecified atom stereocenters. The lowest BCUT2D eigenvalue weighted by Crippen LogP contribution is -2.25. The van der Waals surface area contributed by atoms with Gasteiger partial charge in [-0.05, 0) is 0 Å². The summed E-state index contributed by atoms with van der Waals surface area (Å²) < 4.78 is 0. The zero-order valence-electron chi connectivity index (χ0n) is 6.63. The topological polar surface area (TPSA) is 88.0 Å². The van der Waals surface area contributed by atoms with Crippen LogP contribution < -0.4 is 16.5 Å². The largest absolute Gasteiger partial charge is 0.350 e. The van der Waals surface area contributed by atoms with Crippen LogP contribution in [-0.2, 0) is 4.79 Å². The Morgan fingerprint density at radius 3 is 2.92 bits per heavy atom. The molecule has 13 heavy (non-hydrogen) atoms. The van der Waals surface area contributed by atoms with E-state index in [0.717, 1.165) is 0 Å². The molecule has 0 aliphatic rings. The number of aromatic nitrogens is 1. The highest BCUT2D eigenvalue weighted by Gasteiger charge is 2.03. The Balaban J connectivity index is 2.90. The number of carbonyl (C=O) groups excluding carboxylic acids is 1. The van der Waals surface area contributed by atoms with Crippen LogP contribution >= 0.6 is 11.6 Å². The van der Waals surface area contributed by atoms with Crippen molar-refractivity contribution in [3.05, 3.63) is 27.6 Å². The molecule has 1 heterocycles. The highest BCUT2D eigenvalue weighted by molar-refractivity contribution is 6.29. The van der Waals surface area contributed by atoms with E-state index in [2.05, 4.69) is 10.3 Å². The van der Waals surface area contributed by atoms with Gasteiger partial charge < -0.3 is 16.0 Å². The lowest BCUT2D eigenvalue weighted by atomic mass is 10.4. The van der Waals surface area contributed by atoms with Crippen LogP contribution in [0.3, 0.4) is 0 Å². The summed E-state index contributed by atoms with van der Waals surface area (Å²) in [6.07, 6.45) is 1.32. The van der Waals surface area contributed by atoms with Crippen molar-refractivity contribution in [1.29, 1.82) is 0 Å². The van der Waals surface area contributed by atoms with Crippen molar-refractivity contribution in [2.75, 3.05) is 11.9 Å². The van der Waals surface area contributed by atoms with E-state index >= 15 is 0 Å². The molecule has 1 amide bonds. The SMILES string of the molecule is NCC(=O)Nc1c[nH]c(Cl)cc1=O. The molecule has 0 aliphatic heterocycles. The molecule has 70 valence electrons. The number of carbonyl (C=O) groups is 1. The van der Waals surface area contributed by atoms with Crippen LogP contribution in [0.1, 0.15) is 0 Å². The average molecular weight is 202 g/mol. The van der Waals surface area contributed by atoms with Crippen molar-refractivity contribution in [2.24, 2.45) is 5.73 Å². The van der Waals surface area contributed by atoms with Gasteiger partial charge in [-0.25, -0.2) is 0 Å². The predicted octanol–water partition coefficient (Wildman–Crippen LogP) is -0.0745. The van der Waals surface area contributed by atoms with E-state index < -0.39 is 5.91 Å². The highest BCUT2D eigenvalue weighted by Crippen LogP contribution is 2.02. The lowest BCUT2D eigenvalue weighted by molar-refractivity contribution is -0.114. The number of anilines is 1. The van der Waals surface area contributed by atoms with Crippen LogP contribution in [0.4, 0.5) is 5.69 Å². The zero-order valence-corrected chi connectivity index (χ0v) is 7.39. The van der Waals surface area contributed by atoms with E-state index in [-0.39, 0.29) is 22.8 Å². The molecule has 0 bridgehead atoms. The van der Waals surface area contributed by atoms with Gasteiger partial charge in [0.1, 0.15) is 10.8 Å². The molecule has 0 atom stereocenters. The fourth-order valence-corrected chi connectivity index (χ4v) is 0.899. The molecule has 0 spiro atoms. The average Bonchev–Trinajstić information content (AvgIpc) is 2.09. The lowest BCUT2D eigenvalue weighted by Gasteiger charge is -2.01. The molecule has 0 saturated carbocycles. The number of pyridine rings is 1. The zero-order chi connectivity index (χ0) is 9.84. The van der Waals surface area contributed by atoms with Crippen LogP contribution in [0.2, 0.25) is 5.15 Å². The summed E-state index contributed by atoms with van der Waals surface area (Å²) in [4.78, 5) is 24.5. The van der Waals surface area contributed by atoms with Gasteiger partial charge in [0, 0.05) is 12.3 Å². The van der Waals surface area contributed by atoms with Gasteiger partial charge in [0.05, 0.1) is 6.54 Å². The number of hydrogen-bond donors (Lipinski definition) is 3. The maximum atomic E-state index is 11.1. The van der Waals surface area contributed by atoms with Crippen molar-refractivity contribution in [3.8, 4) is 0 Å². The Morgan fingerprint density at radius 2 is 2.38 bits per heavy atom. The standard InChI is InChI=1S/C7H8ClN3O2/c8-6-1-5(12)4(3-10-6)11-7(13)2-9/h1,3H,2,9H2,(H,10,12)(H,11,13). The smallest absolute Gasteiger partial charge is 0.238 e. The maximum Gasteiger partial charge on any atom is 0.238 e. The summed E-state index contributed by atoms with van der Waals surface area (Å²) in [5.74, 6) is -0.423. The highest BCUT2D eigenvalue weighted by atomic mass is 35.5. The van der Waals surface area contributed by atoms with Crippen molar-refractivity contribution in [3.63, 3.8) is 0 Å². The first-order valence-corrected chi connectivity index (χ1v) is 3.89. The summed E-state index contributed by atoms with van der Waals surface area (Å²) in [6.45, 7) is -0.165. The molecule has 6 heteroatoms. The summed E-state index contributed by atoms with van der Waals surface area (Å²) in [5.41, 5.74) is 4.83. The molecule has 0 aromatic carbocycles. The van der Waals surface area contributed by atoms with Crippen LogP contribution in [0.15, 0.2) is 17.1 Å². The van der Waals surface area contributed by atoms with Crippen LogP contribution in [-0.4, -0.2) is 17.4 Å². The quantitative estimate of drug-likeness (QED) is 0.585. The normalized spacial score (nSPS) is 9.69. The summed E-state index contributed by atoms with van der Waals surface area (Å²) in [6, 6.07) is 1.17. The third-order valence-electron chi connectivity index (χ3n) is 1.34. The van der Waals surface area contributed by atoms with Gasteiger partial charge in [-0.15, -0.1) is 0 Å². The Bertz CT molecular complexity index is 374. The summed E-state index contributed by atoms with van der Waals surface area (Å²) >= 11 is 5.49. The number of nitrogens with two attached hydrogens (primary N) is 1. The first-order valence-electron chi connectivity index (χ1n) is 3.51. The van der Waals surface area contributed by atoms with Gasteiger partial charge in [-0.2, -0.15) is 0 Å². The van der Waals surface area contributed by atoms with E-state index in [1.54, 1.807) is 0 Å². The molecule has 0 saturated heterocycles. The van der Waals surface area contributed by atoms with E-state index in [0.29, 0.717) is 0 Å². The van der Waals surface area contributed by atoms with Gasteiger partial charge in [-0.3, -0.25) is 9.59 Å². The van der Waals surface area contributed by atoms with Gasteiger partial charge in [0.15, 0.2) is 0 Å². The van der Waals surface area contributed by atoms with E-state index in [1.807, 2.05) is 0 Å². The Labute approximate surface area is 78.9 Å². The molecule has 1 aromatic rings. The number of amides is 1. The number of aromatic amines is 1. The minimum atomic E-state index is -0.423. The van der Waals surface area contributed by atoms with Gasteiger partial charge >= 0.3 is 0 Å². The van der Waals surface area contributed by atoms with Crippen molar-refractivity contribution >= 4 is 23.2 Å². The Hall–Kier alpha value is -1.33. The number of hydrogen-bond acceptors (Lipinski definition) is 3. The third-order valence-corrected chi connectivity index (χ3v) is 1.56. The summed E-state index contributed by atoms with van der Waals surface area (Å²) in [7, 11) is 0. The van der Waals surface area contributed by atoms with E-state index in [4.69, 9.17) is 17.3 Å². The Morgan fingerprint density at radius 1 is 1.69 bits per heavy atom. The predicted molar refractivity (Wildman–Crippen MR) is 49.8 cm³/mol. The minimum Gasteiger partial charge on any atom is -0.350 e. The maximum absolute atomic E-state index is 11.1. The minimum absolute atomic E-state index is 0.139. The van der Waals surface area contributed by atoms with Crippen LogP contribution in [0.5, 0.6) is 0 Å². The number of halogens is 1. The molecular formula is C7H8ClN3O2. The van der Waals surface area contributed by atoms with Crippen molar-refractivity contribution in [2.45, 2.75) is 0 Å². The molecular weight excluding hydrogens is 194 g/mol. The fourth-order valence-electron chi connectivity index (χ4n) is 0.746. The summed E-state index contributed by atoms with van der Waals surface area (Å²) in [5, 5.41) is 2.54. The number of nitrogens with one attached hydrogen (secondary N) is 2. The van der Waals surface area contributed by atoms with Gasteiger partial charge in [0.2, 0.25) is 11.3 Å². The van der Waals surface area contributed by atoms with E-state index in [1.165, 1.54) is 12.3 Å². The fraction of sp³-hybridized carbons (Fsp3) is 0.143. The number of H-pyrrole nitrogens is 1. The monoisotopic (exact) mass is 201 g/mol. The van der Waals surface area contributed by atoms with Crippen molar-refractivity contribution < 1.29 is 4.79 Å². The van der Waals surface area contributed by atoms with Crippen molar-refractivity contribution in [1.82, 2.24) is 4.98 Å². The second-order valence-electron chi connectivity index (χ2n) is 2.31. The molecule has 1 aromatic heterocycles. The Kier molecular flexibility index (Phi) is 3.05. The van der Waals surface area contributed by atoms with E-state index in [9.17, 15) is 9.59 Å². The molecule has 0 fully saturated rings. The molecule has 0 aliphatic carbocycles.